The molecule has 1 atom stereocenters. The molecule has 3 aromatic rings. The molecule has 0 bridgehead atoms. The lowest BCUT2D eigenvalue weighted by Gasteiger charge is -2.63. The molecule has 2 aromatic carbocycles. The van der Waals surface area contributed by atoms with Gasteiger partial charge in [-0.1, -0.05) is 33.6 Å². The standard InChI is InChI=1S/C46H57N7O5/c1-8-36-29(2)25-35(26-30(36)3)58-44-45(4,5)43(46(44,6)7)50-40(55)32-9-12-34(13-10-32)52-19-17-31(18-20-52)28-51-21-23-53(24-22-51)38-15-11-33(27-47-38)41(56)48-37-14-16-39(54)49-42(37)57/h1,9-13,15,25-27,31,37,43-44H,14,16-24,28H2,2-7H3,(H,48,56)(H,50,55)(H,49,54,57)/t37-,43?,44?/m0/s1. The smallest absolute Gasteiger partial charge is 0.253 e. The van der Waals surface area contributed by atoms with E-state index >= 15 is 0 Å². The van der Waals surface area contributed by atoms with Gasteiger partial charge in [-0.25, -0.2) is 4.98 Å². The average Bonchev–Trinajstić information content (AvgIpc) is 3.20. The number of amides is 4. The summed E-state index contributed by atoms with van der Waals surface area (Å²) in [5.74, 6) is 3.81. The summed E-state index contributed by atoms with van der Waals surface area (Å²) in [7, 11) is 0. The van der Waals surface area contributed by atoms with E-state index in [2.05, 4.69) is 81.4 Å². The number of benzene rings is 2. The van der Waals surface area contributed by atoms with Crippen molar-refractivity contribution in [2.45, 2.75) is 85.4 Å². The average molecular weight is 788 g/mol. The summed E-state index contributed by atoms with van der Waals surface area (Å²) in [4.78, 5) is 61.4. The third-order valence-electron chi connectivity index (χ3n) is 12.9. The summed E-state index contributed by atoms with van der Waals surface area (Å²) in [6.07, 6.45) is 9.91. The third kappa shape index (κ3) is 8.42. The van der Waals surface area contributed by atoms with Gasteiger partial charge in [-0.05, 0) is 98.7 Å². The summed E-state index contributed by atoms with van der Waals surface area (Å²) in [5, 5.41) is 8.31. The van der Waals surface area contributed by atoms with Gasteiger partial charge in [-0.3, -0.25) is 29.4 Å². The minimum Gasteiger partial charge on any atom is -0.489 e. The number of piperazine rings is 1. The second-order valence-corrected chi connectivity index (χ2v) is 17.8. The number of aryl methyl sites for hydroxylation is 2. The summed E-state index contributed by atoms with van der Waals surface area (Å²) >= 11 is 0. The lowest BCUT2D eigenvalue weighted by atomic mass is 9.49. The van der Waals surface area contributed by atoms with Crippen LogP contribution >= 0.6 is 0 Å². The number of aromatic nitrogens is 1. The van der Waals surface area contributed by atoms with Crippen LogP contribution in [0.5, 0.6) is 5.75 Å². The third-order valence-corrected chi connectivity index (χ3v) is 12.9. The highest BCUT2D eigenvalue weighted by atomic mass is 16.5. The molecular formula is C46H57N7O5. The van der Waals surface area contributed by atoms with Crippen molar-refractivity contribution in [1.82, 2.24) is 25.8 Å². The number of terminal acetylenes is 1. The Morgan fingerprint density at radius 3 is 2.05 bits per heavy atom. The molecule has 4 amide bonds. The van der Waals surface area contributed by atoms with Crippen LogP contribution in [-0.2, 0) is 9.59 Å². The summed E-state index contributed by atoms with van der Waals surface area (Å²) in [5.41, 5.74) is 4.58. The maximum atomic E-state index is 13.6. The molecule has 4 heterocycles. The van der Waals surface area contributed by atoms with Crippen molar-refractivity contribution >= 4 is 35.1 Å². The maximum Gasteiger partial charge on any atom is 0.253 e. The van der Waals surface area contributed by atoms with Crippen LogP contribution in [0, 0.1) is 42.9 Å². The van der Waals surface area contributed by atoms with Gasteiger partial charge in [0.1, 0.15) is 23.7 Å². The fourth-order valence-corrected chi connectivity index (χ4v) is 9.87. The Hall–Kier alpha value is -5.41. The lowest BCUT2D eigenvalue weighted by Crippen LogP contribution is -2.74. The number of rotatable bonds is 10. The normalized spacial score (nSPS) is 23.3. The van der Waals surface area contributed by atoms with Crippen molar-refractivity contribution < 1.29 is 23.9 Å². The maximum absolute atomic E-state index is 13.6. The van der Waals surface area contributed by atoms with Crippen molar-refractivity contribution in [1.29, 1.82) is 0 Å². The van der Waals surface area contributed by atoms with E-state index in [0.29, 0.717) is 23.5 Å². The monoisotopic (exact) mass is 787 g/mol. The molecule has 306 valence electrons. The second-order valence-electron chi connectivity index (χ2n) is 17.8. The molecule has 4 aliphatic rings. The van der Waals surface area contributed by atoms with Crippen molar-refractivity contribution in [2.75, 3.05) is 55.6 Å². The van der Waals surface area contributed by atoms with Gasteiger partial charge in [-0.2, -0.15) is 0 Å². The Bertz CT molecular complexity index is 2030. The highest BCUT2D eigenvalue weighted by molar-refractivity contribution is 6.03. The first-order valence-electron chi connectivity index (χ1n) is 20.6. The Morgan fingerprint density at radius 2 is 1.47 bits per heavy atom. The highest BCUT2D eigenvalue weighted by Crippen LogP contribution is 2.55. The highest BCUT2D eigenvalue weighted by Gasteiger charge is 2.64. The molecule has 0 unspecified atom stereocenters. The molecule has 3 N–H and O–H groups in total. The first-order chi connectivity index (χ1) is 27.6. The molecule has 1 aliphatic carbocycles. The molecular weight excluding hydrogens is 731 g/mol. The molecule has 1 saturated carbocycles. The van der Waals surface area contributed by atoms with E-state index in [4.69, 9.17) is 11.2 Å². The van der Waals surface area contributed by atoms with E-state index in [9.17, 15) is 19.2 Å². The van der Waals surface area contributed by atoms with Crippen LogP contribution < -0.4 is 30.5 Å². The van der Waals surface area contributed by atoms with E-state index in [1.165, 1.54) is 0 Å². The number of carbonyl (C=O) groups is 4. The summed E-state index contributed by atoms with van der Waals surface area (Å²) in [6, 6.07) is 14.9. The Labute approximate surface area is 342 Å². The number of pyridine rings is 1. The van der Waals surface area contributed by atoms with E-state index in [-0.39, 0.29) is 47.1 Å². The number of ether oxygens (including phenoxy) is 1. The number of nitrogens with zero attached hydrogens (tertiary/aromatic N) is 4. The quantitative estimate of drug-likeness (QED) is 0.195. The lowest BCUT2D eigenvalue weighted by molar-refractivity contribution is -0.164. The molecule has 1 aromatic heterocycles. The van der Waals surface area contributed by atoms with Crippen LogP contribution in [0.1, 0.15) is 90.8 Å². The molecule has 12 heteroatoms. The van der Waals surface area contributed by atoms with Crippen LogP contribution in [0.15, 0.2) is 54.7 Å². The molecule has 0 radical (unpaired) electrons. The van der Waals surface area contributed by atoms with Gasteiger partial charge in [0.05, 0.1) is 5.56 Å². The molecule has 58 heavy (non-hydrogen) atoms. The van der Waals surface area contributed by atoms with Gasteiger partial charge in [0.25, 0.3) is 11.8 Å². The van der Waals surface area contributed by atoms with Gasteiger partial charge in [0.15, 0.2) is 0 Å². The molecule has 7 rings (SSSR count). The van der Waals surface area contributed by atoms with Crippen LogP contribution in [0.3, 0.4) is 0 Å². The first-order valence-corrected chi connectivity index (χ1v) is 20.6. The predicted octanol–water partition coefficient (Wildman–Crippen LogP) is 4.87. The zero-order chi connectivity index (χ0) is 41.4. The van der Waals surface area contributed by atoms with Crippen LogP contribution in [0.2, 0.25) is 0 Å². The molecule has 3 saturated heterocycles. The number of anilines is 2. The van der Waals surface area contributed by atoms with Gasteiger partial charge in [0.2, 0.25) is 11.8 Å². The van der Waals surface area contributed by atoms with E-state index in [1.807, 2.05) is 44.2 Å². The number of piperidine rings is 2. The van der Waals surface area contributed by atoms with Crippen molar-refractivity contribution in [2.24, 2.45) is 16.7 Å². The zero-order valence-corrected chi connectivity index (χ0v) is 34.7. The van der Waals surface area contributed by atoms with Crippen molar-refractivity contribution in [3.63, 3.8) is 0 Å². The molecule has 12 nitrogen and oxygen atoms in total. The number of hydrogen-bond acceptors (Lipinski definition) is 9. The van der Waals surface area contributed by atoms with E-state index < -0.39 is 11.9 Å². The predicted molar refractivity (Wildman–Crippen MR) is 225 cm³/mol. The largest absolute Gasteiger partial charge is 0.489 e. The van der Waals surface area contributed by atoms with Gasteiger partial charge >= 0.3 is 0 Å². The molecule has 0 spiro atoms. The molecule has 4 fully saturated rings. The van der Waals surface area contributed by atoms with Crippen molar-refractivity contribution in [3.05, 3.63) is 82.5 Å². The van der Waals surface area contributed by atoms with E-state index in [0.717, 1.165) is 92.6 Å². The van der Waals surface area contributed by atoms with Crippen LogP contribution in [-0.4, -0.2) is 97.5 Å². The van der Waals surface area contributed by atoms with Gasteiger partial charge in [-0.15, -0.1) is 6.42 Å². The van der Waals surface area contributed by atoms with Crippen LogP contribution in [0.25, 0.3) is 0 Å². The van der Waals surface area contributed by atoms with Gasteiger partial charge < -0.3 is 25.2 Å². The van der Waals surface area contributed by atoms with E-state index in [1.54, 1.807) is 12.3 Å². The van der Waals surface area contributed by atoms with Crippen molar-refractivity contribution in [3.8, 4) is 18.1 Å². The summed E-state index contributed by atoms with van der Waals surface area (Å²) < 4.78 is 6.59. The SMILES string of the molecule is C#Cc1c(C)cc(OC2C(C)(C)C(NC(=O)c3ccc(N4CCC(CN5CCN(c6ccc(C(=O)N[C@H]7CCC(=O)NC7=O)cn6)CC5)CC4)cc3)C2(C)C)cc1C. The first kappa shape index (κ1) is 40.8. The summed E-state index contributed by atoms with van der Waals surface area (Å²) in [6.45, 7) is 19.3. The zero-order valence-electron chi connectivity index (χ0n) is 34.7. The Balaban J connectivity index is 0.837. The number of carbonyl (C=O) groups excluding carboxylic acids is 4. The number of nitrogens with one attached hydrogen (secondary N) is 3. The Morgan fingerprint density at radius 1 is 0.845 bits per heavy atom. The number of hydrogen-bond donors (Lipinski definition) is 3. The molecule has 3 aliphatic heterocycles. The minimum absolute atomic E-state index is 0.0655. The minimum atomic E-state index is -0.716. The fraction of sp³-hybridized carbons (Fsp3) is 0.500. The topological polar surface area (TPSA) is 136 Å². The fourth-order valence-electron chi connectivity index (χ4n) is 9.87. The second kappa shape index (κ2) is 16.5. The number of imide groups is 1. The van der Waals surface area contributed by atoms with Crippen LogP contribution in [0.4, 0.5) is 11.5 Å². The Kier molecular flexibility index (Phi) is 11.6. The van der Waals surface area contributed by atoms with Gasteiger partial charge in [0, 0.05) is 92.1 Å².